The van der Waals surface area contributed by atoms with Gasteiger partial charge in [-0.05, 0) is 17.5 Å². The first kappa shape index (κ1) is 12.2. The SMILES string of the molecule is Brc1ccnc2c1ccc1ccc3c(Br)ccnc3c12. The molecule has 4 heteroatoms. The number of halogens is 2. The number of pyridine rings is 2. The molecule has 96 valence electrons. The summed E-state index contributed by atoms with van der Waals surface area (Å²) in [5, 5.41) is 4.47. The summed E-state index contributed by atoms with van der Waals surface area (Å²) in [7, 11) is 0. The summed E-state index contributed by atoms with van der Waals surface area (Å²) in [5.74, 6) is 0. The predicted octanol–water partition coefficient (Wildman–Crippen LogP) is 5.46. The molecule has 0 N–H and O–H groups in total. The Bertz CT molecular complexity index is 903. The van der Waals surface area contributed by atoms with E-state index in [4.69, 9.17) is 0 Å². The van der Waals surface area contributed by atoms with Crippen LogP contribution >= 0.6 is 31.9 Å². The maximum Gasteiger partial charge on any atom is 0.0813 e. The fourth-order valence-corrected chi connectivity index (χ4v) is 3.45. The van der Waals surface area contributed by atoms with Gasteiger partial charge in [0.25, 0.3) is 0 Å². The van der Waals surface area contributed by atoms with Crippen molar-refractivity contribution in [1.29, 1.82) is 0 Å². The Morgan fingerprint density at radius 3 is 1.65 bits per heavy atom. The molecule has 2 aromatic heterocycles. The van der Waals surface area contributed by atoms with E-state index in [1.165, 1.54) is 0 Å². The molecule has 4 aromatic rings. The van der Waals surface area contributed by atoms with Crippen molar-refractivity contribution in [2.45, 2.75) is 0 Å². The van der Waals surface area contributed by atoms with E-state index in [0.29, 0.717) is 0 Å². The quantitative estimate of drug-likeness (QED) is 0.374. The Kier molecular flexibility index (Phi) is 2.75. The van der Waals surface area contributed by atoms with E-state index in [2.05, 4.69) is 66.1 Å². The molecule has 0 aliphatic heterocycles. The normalized spacial score (nSPS) is 11.5. The van der Waals surface area contributed by atoms with Crippen LogP contribution in [-0.2, 0) is 0 Å². The molecule has 0 saturated carbocycles. The van der Waals surface area contributed by atoms with Crippen LogP contribution in [0.5, 0.6) is 0 Å². The third-order valence-corrected chi connectivity index (χ3v) is 4.88. The summed E-state index contributed by atoms with van der Waals surface area (Å²) in [6.45, 7) is 0. The Balaban J connectivity index is 2.36. The number of rotatable bonds is 0. The minimum atomic E-state index is 0.980. The summed E-state index contributed by atoms with van der Waals surface area (Å²) in [6.07, 6.45) is 3.64. The first-order valence-corrected chi connectivity index (χ1v) is 7.74. The monoisotopic (exact) mass is 386 g/mol. The Hall–Kier alpha value is -1.52. The smallest absolute Gasteiger partial charge is 0.0813 e. The molecule has 0 amide bonds. The fraction of sp³-hybridized carbons (Fsp3) is 0. The van der Waals surface area contributed by atoms with Crippen LogP contribution < -0.4 is 0 Å². The second kappa shape index (κ2) is 4.50. The molecule has 2 nitrogen and oxygen atoms in total. The van der Waals surface area contributed by atoms with Crippen LogP contribution in [0.15, 0.2) is 57.7 Å². The highest BCUT2D eigenvalue weighted by Gasteiger charge is 2.10. The zero-order valence-electron chi connectivity index (χ0n) is 10.3. The molecule has 0 aliphatic carbocycles. The Morgan fingerprint density at radius 2 is 1.15 bits per heavy atom. The summed E-state index contributed by atoms with van der Waals surface area (Å²) in [4.78, 5) is 9.13. The van der Waals surface area contributed by atoms with E-state index in [-0.39, 0.29) is 0 Å². The van der Waals surface area contributed by atoms with Gasteiger partial charge in [-0.25, -0.2) is 0 Å². The lowest BCUT2D eigenvalue weighted by molar-refractivity contribution is 1.40. The number of fused-ring (bicyclic) bond motifs is 5. The van der Waals surface area contributed by atoms with Crippen molar-refractivity contribution in [3.05, 3.63) is 57.7 Å². The molecule has 0 aliphatic rings. The van der Waals surface area contributed by atoms with E-state index in [9.17, 15) is 0 Å². The maximum absolute atomic E-state index is 4.56. The minimum absolute atomic E-state index is 0.980. The molecule has 0 spiro atoms. The van der Waals surface area contributed by atoms with E-state index in [0.717, 1.165) is 41.5 Å². The summed E-state index contributed by atoms with van der Waals surface area (Å²) >= 11 is 7.18. The van der Waals surface area contributed by atoms with Gasteiger partial charge in [-0.2, -0.15) is 0 Å². The fourth-order valence-electron chi connectivity index (χ4n) is 2.57. The summed E-state index contributed by atoms with van der Waals surface area (Å²) in [6, 6.07) is 12.3. The van der Waals surface area contributed by atoms with Gasteiger partial charge in [-0.1, -0.05) is 56.1 Å². The van der Waals surface area contributed by atoms with Gasteiger partial charge in [0.15, 0.2) is 0 Å². The van der Waals surface area contributed by atoms with Crippen LogP contribution in [0.2, 0.25) is 0 Å². The third kappa shape index (κ3) is 1.68. The van der Waals surface area contributed by atoms with Gasteiger partial charge in [0.05, 0.1) is 11.0 Å². The van der Waals surface area contributed by atoms with Gasteiger partial charge in [0.2, 0.25) is 0 Å². The van der Waals surface area contributed by atoms with Crippen molar-refractivity contribution >= 4 is 64.4 Å². The van der Waals surface area contributed by atoms with E-state index < -0.39 is 0 Å². The molecule has 2 heterocycles. The average molecular weight is 388 g/mol. The van der Waals surface area contributed by atoms with Crippen molar-refractivity contribution < 1.29 is 0 Å². The molecule has 0 saturated heterocycles. The molecule has 0 fully saturated rings. The van der Waals surface area contributed by atoms with Gasteiger partial charge in [-0.3, -0.25) is 9.97 Å². The third-order valence-electron chi connectivity index (χ3n) is 3.50. The largest absolute Gasteiger partial charge is 0.255 e. The van der Waals surface area contributed by atoms with Crippen LogP contribution in [0.4, 0.5) is 0 Å². The van der Waals surface area contributed by atoms with E-state index in [1.54, 1.807) is 0 Å². The van der Waals surface area contributed by atoms with Crippen LogP contribution in [0.25, 0.3) is 32.6 Å². The molecule has 2 aromatic carbocycles. The molecule has 0 atom stereocenters. The van der Waals surface area contributed by atoms with Gasteiger partial charge in [-0.15, -0.1) is 0 Å². The maximum atomic E-state index is 4.56. The number of hydrogen-bond donors (Lipinski definition) is 0. The zero-order valence-corrected chi connectivity index (χ0v) is 13.4. The highest BCUT2D eigenvalue weighted by molar-refractivity contribution is 9.11. The van der Waals surface area contributed by atoms with Gasteiger partial charge >= 0.3 is 0 Å². The number of nitrogens with zero attached hydrogens (tertiary/aromatic N) is 2. The highest BCUT2D eigenvalue weighted by Crippen LogP contribution is 2.34. The van der Waals surface area contributed by atoms with E-state index >= 15 is 0 Å². The molecule has 0 unspecified atom stereocenters. The van der Waals surface area contributed by atoms with Gasteiger partial charge < -0.3 is 0 Å². The molecular weight excluding hydrogens is 380 g/mol. The van der Waals surface area contributed by atoms with Crippen LogP contribution in [0.1, 0.15) is 0 Å². The van der Waals surface area contributed by atoms with Crippen molar-refractivity contribution in [1.82, 2.24) is 9.97 Å². The van der Waals surface area contributed by atoms with Crippen LogP contribution in [-0.4, -0.2) is 9.97 Å². The van der Waals surface area contributed by atoms with E-state index in [1.807, 2.05) is 24.5 Å². The van der Waals surface area contributed by atoms with Crippen LogP contribution in [0.3, 0.4) is 0 Å². The Morgan fingerprint density at radius 1 is 0.650 bits per heavy atom. The Labute approximate surface area is 132 Å². The first-order valence-electron chi connectivity index (χ1n) is 6.16. The summed E-state index contributed by atoms with van der Waals surface area (Å²) in [5.41, 5.74) is 1.96. The van der Waals surface area contributed by atoms with Crippen molar-refractivity contribution in [2.24, 2.45) is 0 Å². The van der Waals surface area contributed by atoms with Gasteiger partial charge in [0.1, 0.15) is 0 Å². The van der Waals surface area contributed by atoms with Crippen molar-refractivity contribution in [3.63, 3.8) is 0 Å². The van der Waals surface area contributed by atoms with Crippen molar-refractivity contribution in [2.75, 3.05) is 0 Å². The highest BCUT2D eigenvalue weighted by atomic mass is 79.9. The number of benzene rings is 2. The molecule has 4 rings (SSSR count). The summed E-state index contributed by atoms with van der Waals surface area (Å²) < 4.78 is 2.10. The molecule has 0 bridgehead atoms. The van der Waals surface area contributed by atoms with Crippen molar-refractivity contribution in [3.8, 4) is 0 Å². The number of hydrogen-bond acceptors (Lipinski definition) is 2. The predicted molar refractivity (Wildman–Crippen MR) is 90.0 cm³/mol. The zero-order chi connectivity index (χ0) is 13.7. The first-order chi connectivity index (χ1) is 9.75. The molecule has 0 radical (unpaired) electrons. The second-order valence-corrected chi connectivity index (χ2v) is 6.32. The average Bonchev–Trinajstić information content (AvgIpc) is 2.47. The standard InChI is InChI=1S/C16H8Br2N2/c17-12-5-7-19-15-10(12)3-1-9-2-4-11-13(18)6-8-20-16(11)14(9)15/h1-8H. The number of aromatic nitrogens is 2. The lowest BCUT2D eigenvalue weighted by Gasteiger charge is -2.08. The lowest BCUT2D eigenvalue weighted by Crippen LogP contribution is -1.87. The molecule has 20 heavy (non-hydrogen) atoms. The molecular formula is C16H8Br2N2. The van der Waals surface area contributed by atoms with Gasteiger partial charge in [0, 0.05) is 37.5 Å². The minimum Gasteiger partial charge on any atom is -0.255 e. The second-order valence-electron chi connectivity index (χ2n) is 4.61. The van der Waals surface area contributed by atoms with Crippen LogP contribution in [0, 0.1) is 0 Å². The topological polar surface area (TPSA) is 25.8 Å². The lowest BCUT2D eigenvalue weighted by atomic mass is 10.0.